The minimum Gasteiger partial charge on any atom is -0.307 e. The third-order valence-electron chi connectivity index (χ3n) is 4.27. The van der Waals surface area contributed by atoms with Crippen molar-refractivity contribution in [2.75, 3.05) is 5.43 Å². The Morgan fingerprint density at radius 1 is 0.667 bits per heavy atom. The van der Waals surface area contributed by atoms with E-state index in [0.717, 1.165) is 5.69 Å². The smallest absolute Gasteiger partial charge is 0.0875 e. The maximum atomic E-state index is 3.47. The van der Waals surface area contributed by atoms with Crippen molar-refractivity contribution in [1.82, 2.24) is 16.1 Å². The van der Waals surface area contributed by atoms with Crippen LogP contribution in [0.2, 0.25) is 0 Å². The highest BCUT2D eigenvalue weighted by Gasteiger charge is 2.40. The average Bonchev–Trinajstić information content (AvgIpc) is 2.63. The molecule has 3 aromatic rings. The van der Waals surface area contributed by atoms with E-state index in [-0.39, 0.29) is 12.1 Å². The lowest BCUT2D eigenvalue weighted by Gasteiger charge is -2.49. The first-order chi connectivity index (χ1) is 11.9. The van der Waals surface area contributed by atoms with E-state index >= 15 is 0 Å². The van der Waals surface area contributed by atoms with Crippen LogP contribution >= 0.6 is 0 Å². The molecule has 1 aliphatic rings. The molecule has 1 saturated heterocycles. The number of hydrogen-bond acceptors (Lipinski definition) is 4. The van der Waals surface area contributed by atoms with Gasteiger partial charge in [0.2, 0.25) is 0 Å². The molecule has 1 aliphatic heterocycles. The number of para-hydroxylation sites is 1. The molecule has 120 valence electrons. The predicted molar refractivity (Wildman–Crippen MR) is 96.5 cm³/mol. The first-order valence-corrected chi connectivity index (χ1v) is 8.14. The summed E-state index contributed by atoms with van der Waals surface area (Å²) in [6, 6.07) is 31.6. The Bertz CT molecular complexity index is 759. The maximum Gasteiger partial charge on any atom is 0.0875 e. The summed E-state index contributed by atoms with van der Waals surface area (Å²) in [6.45, 7) is 0. The van der Waals surface area contributed by atoms with Crippen LogP contribution in [0.5, 0.6) is 0 Å². The van der Waals surface area contributed by atoms with Gasteiger partial charge in [-0.1, -0.05) is 78.9 Å². The summed E-state index contributed by atoms with van der Waals surface area (Å²) < 4.78 is 0. The Morgan fingerprint density at radius 3 is 1.83 bits per heavy atom. The number of benzene rings is 3. The number of hydrogen-bond donors (Lipinski definition) is 3. The van der Waals surface area contributed by atoms with Gasteiger partial charge in [-0.05, 0) is 23.3 Å². The second-order valence-corrected chi connectivity index (χ2v) is 5.85. The Kier molecular flexibility index (Phi) is 4.25. The lowest BCUT2D eigenvalue weighted by atomic mass is 9.91. The van der Waals surface area contributed by atoms with Gasteiger partial charge in [0.1, 0.15) is 0 Å². The van der Waals surface area contributed by atoms with Crippen molar-refractivity contribution in [3.05, 3.63) is 102 Å². The zero-order valence-corrected chi connectivity index (χ0v) is 13.3. The summed E-state index contributed by atoms with van der Waals surface area (Å²) >= 11 is 0. The maximum absolute atomic E-state index is 3.47. The van der Waals surface area contributed by atoms with Crippen molar-refractivity contribution in [2.24, 2.45) is 0 Å². The van der Waals surface area contributed by atoms with Crippen molar-refractivity contribution in [2.45, 2.75) is 12.1 Å². The predicted octanol–water partition coefficient (Wildman–Crippen LogP) is 3.82. The highest BCUT2D eigenvalue weighted by molar-refractivity contribution is 5.41. The van der Waals surface area contributed by atoms with E-state index < -0.39 is 0 Å². The summed E-state index contributed by atoms with van der Waals surface area (Å²) in [5.41, 5.74) is 13.5. The van der Waals surface area contributed by atoms with Gasteiger partial charge in [-0.3, -0.25) is 0 Å². The zero-order valence-electron chi connectivity index (χ0n) is 13.3. The van der Waals surface area contributed by atoms with Crippen LogP contribution in [0, 0.1) is 0 Å². The summed E-state index contributed by atoms with van der Waals surface area (Å²) in [5.74, 6) is 0. The van der Waals surface area contributed by atoms with Crippen LogP contribution in [-0.4, -0.2) is 5.12 Å². The van der Waals surface area contributed by atoms with E-state index in [1.165, 1.54) is 11.1 Å². The van der Waals surface area contributed by atoms with Crippen molar-refractivity contribution in [3.63, 3.8) is 0 Å². The first-order valence-electron chi connectivity index (χ1n) is 8.14. The molecule has 2 atom stereocenters. The topological polar surface area (TPSA) is 39.3 Å². The van der Waals surface area contributed by atoms with Crippen LogP contribution < -0.4 is 16.4 Å². The average molecular weight is 316 g/mol. The van der Waals surface area contributed by atoms with Crippen molar-refractivity contribution in [1.29, 1.82) is 0 Å². The Morgan fingerprint density at radius 2 is 1.21 bits per heavy atom. The SMILES string of the molecule is c1ccc(NNN2N[C@H](c3ccccc3)[C@@H]2c2ccccc2)cc1. The number of rotatable bonds is 5. The van der Waals surface area contributed by atoms with Gasteiger partial charge in [0.25, 0.3) is 0 Å². The largest absolute Gasteiger partial charge is 0.307 e. The summed E-state index contributed by atoms with van der Waals surface area (Å²) in [6.07, 6.45) is 0. The molecule has 0 aliphatic carbocycles. The minimum atomic E-state index is 0.213. The Balaban J connectivity index is 1.52. The van der Waals surface area contributed by atoms with Gasteiger partial charge in [-0.15, -0.1) is 0 Å². The van der Waals surface area contributed by atoms with Gasteiger partial charge in [-0.2, -0.15) is 10.7 Å². The third kappa shape index (κ3) is 3.03. The summed E-state index contributed by atoms with van der Waals surface area (Å²) in [7, 11) is 0. The Labute approximate surface area is 142 Å². The van der Waals surface area contributed by atoms with Gasteiger partial charge in [0.15, 0.2) is 0 Å². The molecule has 24 heavy (non-hydrogen) atoms. The van der Waals surface area contributed by atoms with Gasteiger partial charge in [0, 0.05) is 0 Å². The molecule has 0 spiro atoms. The van der Waals surface area contributed by atoms with E-state index in [2.05, 4.69) is 64.9 Å². The standard InChI is InChI=1S/C20H20N4/c1-4-10-16(11-5-1)19-20(17-12-6-2-7-13-17)24(22-19)23-21-18-14-8-3-9-15-18/h1-15,19-23H/t19-,20+/m1/s1. The van der Waals surface area contributed by atoms with Crippen molar-refractivity contribution in [3.8, 4) is 0 Å². The van der Waals surface area contributed by atoms with Gasteiger partial charge in [0.05, 0.1) is 17.8 Å². The molecule has 1 fully saturated rings. The molecule has 0 bridgehead atoms. The van der Waals surface area contributed by atoms with E-state index in [1.54, 1.807) is 0 Å². The molecular weight excluding hydrogens is 296 g/mol. The highest BCUT2D eigenvalue weighted by atomic mass is 15.9. The lowest BCUT2D eigenvalue weighted by molar-refractivity contribution is -0.0751. The van der Waals surface area contributed by atoms with Crippen LogP contribution in [0.4, 0.5) is 5.69 Å². The van der Waals surface area contributed by atoms with E-state index in [1.807, 2.05) is 47.6 Å². The molecule has 0 aromatic heterocycles. The number of hydrazine groups is 3. The van der Waals surface area contributed by atoms with Crippen molar-refractivity contribution < 1.29 is 0 Å². The quantitative estimate of drug-likeness (QED) is 0.626. The van der Waals surface area contributed by atoms with Gasteiger partial charge < -0.3 is 5.43 Å². The second kappa shape index (κ2) is 6.84. The number of anilines is 1. The normalized spacial score (nSPS) is 20.3. The fourth-order valence-electron chi connectivity index (χ4n) is 3.02. The summed E-state index contributed by atoms with van der Waals surface area (Å²) in [4.78, 5) is 0. The molecule has 4 heteroatoms. The molecule has 0 unspecified atom stereocenters. The molecular formula is C20H20N4. The molecule has 4 nitrogen and oxygen atoms in total. The molecule has 3 N–H and O–H groups in total. The van der Waals surface area contributed by atoms with Gasteiger partial charge in [-0.25, -0.2) is 5.43 Å². The van der Waals surface area contributed by atoms with Crippen LogP contribution in [-0.2, 0) is 0 Å². The van der Waals surface area contributed by atoms with Crippen LogP contribution in [0.25, 0.3) is 0 Å². The molecule has 3 aromatic carbocycles. The van der Waals surface area contributed by atoms with Crippen LogP contribution in [0.1, 0.15) is 23.2 Å². The third-order valence-corrected chi connectivity index (χ3v) is 4.27. The first kappa shape index (κ1) is 14.9. The molecule has 0 radical (unpaired) electrons. The molecule has 0 amide bonds. The van der Waals surface area contributed by atoms with E-state index in [9.17, 15) is 0 Å². The zero-order chi connectivity index (χ0) is 16.2. The monoisotopic (exact) mass is 316 g/mol. The molecule has 4 rings (SSSR count). The fraction of sp³-hybridized carbons (Fsp3) is 0.100. The van der Waals surface area contributed by atoms with Crippen LogP contribution in [0.15, 0.2) is 91.0 Å². The summed E-state index contributed by atoms with van der Waals surface area (Å²) in [5, 5.41) is 2.01. The second-order valence-electron chi connectivity index (χ2n) is 5.85. The van der Waals surface area contributed by atoms with E-state index in [0.29, 0.717) is 0 Å². The van der Waals surface area contributed by atoms with Crippen LogP contribution in [0.3, 0.4) is 0 Å². The van der Waals surface area contributed by atoms with Gasteiger partial charge >= 0.3 is 0 Å². The number of nitrogens with one attached hydrogen (secondary N) is 3. The highest BCUT2D eigenvalue weighted by Crippen LogP contribution is 2.39. The van der Waals surface area contributed by atoms with E-state index in [4.69, 9.17) is 0 Å². The minimum absolute atomic E-state index is 0.213. The fourth-order valence-corrected chi connectivity index (χ4v) is 3.02. The molecule has 1 heterocycles. The molecule has 0 saturated carbocycles. The number of nitrogens with zero attached hydrogens (tertiary/aromatic N) is 1. The van der Waals surface area contributed by atoms with Crippen molar-refractivity contribution >= 4 is 5.69 Å². The lowest BCUT2D eigenvalue weighted by Crippen LogP contribution is -2.65. The Hall–Kier alpha value is -2.66.